The first-order valence-corrected chi connectivity index (χ1v) is 7.97. The molecule has 0 radical (unpaired) electrons. The summed E-state index contributed by atoms with van der Waals surface area (Å²) >= 11 is 0. The number of hydrogen-bond acceptors (Lipinski definition) is 3. The summed E-state index contributed by atoms with van der Waals surface area (Å²) in [6, 6.07) is 1.60. The van der Waals surface area contributed by atoms with Crippen molar-refractivity contribution in [1.82, 2.24) is 15.1 Å². The number of nitrogens with zero attached hydrogens (tertiary/aromatic N) is 2. The normalized spacial score (nSPS) is 28.0. The van der Waals surface area contributed by atoms with Crippen molar-refractivity contribution in [2.24, 2.45) is 0 Å². The van der Waals surface area contributed by atoms with E-state index in [1.54, 1.807) is 0 Å². The molecule has 2 fully saturated rings. The van der Waals surface area contributed by atoms with Gasteiger partial charge in [0.25, 0.3) is 0 Å². The highest BCUT2D eigenvalue weighted by Gasteiger charge is 2.28. The van der Waals surface area contributed by atoms with Gasteiger partial charge in [0.1, 0.15) is 0 Å². The predicted octanol–water partition coefficient (Wildman–Crippen LogP) is 1.93. The average molecular weight is 253 g/mol. The van der Waals surface area contributed by atoms with E-state index in [-0.39, 0.29) is 0 Å². The maximum absolute atomic E-state index is 3.41. The highest BCUT2D eigenvalue weighted by molar-refractivity contribution is 4.85. The van der Waals surface area contributed by atoms with Gasteiger partial charge in [-0.1, -0.05) is 13.3 Å². The molecule has 2 unspecified atom stereocenters. The van der Waals surface area contributed by atoms with E-state index in [0.717, 1.165) is 12.1 Å². The molecule has 2 atom stereocenters. The van der Waals surface area contributed by atoms with E-state index >= 15 is 0 Å². The second-order valence-electron chi connectivity index (χ2n) is 6.02. The first-order chi connectivity index (χ1) is 8.83. The van der Waals surface area contributed by atoms with Gasteiger partial charge in [-0.25, -0.2) is 0 Å². The number of hydrogen-bond donors (Lipinski definition) is 1. The molecule has 0 spiro atoms. The summed E-state index contributed by atoms with van der Waals surface area (Å²) in [5, 5.41) is 3.41. The third-order valence-electron chi connectivity index (χ3n) is 4.85. The Labute approximate surface area is 113 Å². The van der Waals surface area contributed by atoms with Crippen molar-refractivity contribution in [3.05, 3.63) is 0 Å². The van der Waals surface area contributed by atoms with E-state index in [1.807, 2.05) is 0 Å². The monoisotopic (exact) mass is 253 g/mol. The summed E-state index contributed by atoms with van der Waals surface area (Å²) in [6.45, 7) is 8.89. The second kappa shape index (κ2) is 7.46. The van der Waals surface area contributed by atoms with Crippen LogP contribution in [0.1, 0.15) is 45.4 Å². The van der Waals surface area contributed by atoms with Crippen molar-refractivity contribution in [3.8, 4) is 0 Å². The van der Waals surface area contributed by atoms with Crippen LogP contribution in [0, 0.1) is 0 Å². The minimum atomic E-state index is 0.723. The SMILES string of the molecule is CCC(CCCN1CCN2CCCCC2C1)NC. The molecule has 0 aliphatic carbocycles. The summed E-state index contributed by atoms with van der Waals surface area (Å²) in [6.07, 6.45) is 8.25. The van der Waals surface area contributed by atoms with Gasteiger partial charge in [-0.2, -0.15) is 0 Å². The van der Waals surface area contributed by atoms with Crippen LogP contribution in [0.2, 0.25) is 0 Å². The predicted molar refractivity (Wildman–Crippen MR) is 78.0 cm³/mol. The van der Waals surface area contributed by atoms with E-state index in [2.05, 4.69) is 29.1 Å². The van der Waals surface area contributed by atoms with Crippen LogP contribution in [0.4, 0.5) is 0 Å². The third kappa shape index (κ3) is 3.94. The van der Waals surface area contributed by atoms with Crippen LogP contribution in [0.3, 0.4) is 0 Å². The van der Waals surface area contributed by atoms with Crippen molar-refractivity contribution < 1.29 is 0 Å². The molecule has 106 valence electrons. The Balaban J connectivity index is 1.65. The van der Waals surface area contributed by atoms with Crippen molar-refractivity contribution in [1.29, 1.82) is 0 Å². The molecule has 2 aliphatic heterocycles. The fraction of sp³-hybridized carbons (Fsp3) is 1.00. The first kappa shape index (κ1) is 14.3. The molecule has 2 saturated heterocycles. The van der Waals surface area contributed by atoms with Crippen LogP contribution >= 0.6 is 0 Å². The van der Waals surface area contributed by atoms with Crippen molar-refractivity contribution in [3.63, 3.8) is 0 Å². The Morgan fingerprint density at radius 2 is 2.11 bits per heavy atom. The van der Waals surface area contributed by atoms with E-state index in [0.29, 0.717) is 0 Å². The lowest BCUT2D eigenvalue weighted by molar-refractivity contribution is 0.0484. The lowest BCUT2D eigenvalue weighted by atomic mass is 9.99. The van der Waals surface area contributed by atoms with Crippen molar-refractivity contribution in [2.45, 2.75) is 57.5 Å². The summed E-state index contributed by atoms with van der Waals surface area (Å²) in [5.41, 5.74) is 0. The molecule has 2 rings (SSSR count). The van der Waals surface area contributed by atoms with Crippen LogP contribution in [-0.4, -0.2) is 61.7 Å². The molecule has 3 nitrogen and oxygen atoms in total. The highest BCUT2D eigenvalue weighted by atomic mass is 15.3. The molecular weight excluding hydrogens is 222 g/mol. The summed E-state index contributed by atoms with van der Waals surface area (Å²) in [5.74, 6) is 0. The van der Waals surface area contributed by atoms with Gasteiger partial charge < -0.3 is 10.2 Å². The molecule has 0 amide bonds. The number of rotatable bonds is 6. The van der Waals surface area contributed by atoms with E-state index in [4.69, 9.17) is 0 Å². The third-order valence-corrected chi connectivity index (χ3v) is 4.85. The number of nitrogens with one attached hydrogen (secondary N) is 1. The Morgan fingerprint density at radius 1 is 1.22 bits per heavy atom. The van der Waals surface area contributed by atoms with Crippen molar-refractivity contribution in [2.75, 3.05) is 39.8 Å². The molecule has 0 aromatic heterocycles. The zero-order chi connectivity index (χ0) is 12.8. The van der Waals surface area contributed by atoms with Gasteiger partial charge in [0.15, 0.2) is 0 Å². The number of fused-ring (bicyclic) bond motifs is 1. The topological polar surface area (TPSA) is 18.5 Å². The van der Waals surface area contributed by atoms with E-state index in [9.17, 15) is 0 Å². The molecule has 0 saturated carbocycles. The molecule has 0 aromatic carbocycles. The van der Waals surface area contributed by atoms with Crippen LogP contribution in [0.5, 0.6) is 0 Å². The molecule has 0 bridgehead atoms. The zero-order valence-corrected chi connectivity index (χ0v) is 12.3. The first-order valence-electron chi connectivity index (χ1n) is 7.97. The fourth-order valence-corrected chi connectivity index (χ4v) is 3.54. The summed E-state index contributed by atoms with van der Waals surface area (Å²) < 4.78 is 0. The maximum Gasteiger partial charge on any atom is 0.0223 e. The quantitative estimate of drug-likeness (QED) is 0.780. The van der Waals surface area contributed by atoms with Crippen LogP contribution in [0.25, 0.3) is 0 Å². The Morgan fingerprint density at radius 3 is 2.89 bits per heavy atom. The average Bonchev–Trinajstić information content (AvgIpc) is 2.43. The molecule has 18 heavy (non-hydrogen) atoms. The Bertz CT molecular complexity index is 228. The van der Waals surface area contributed by atoms with Gasteiger partial charge in [0, 0.05) is 31.7 Å². The van der Waals surface area contributed by atoms with E-state index in [1.165, 1.54) is 71.2 Å². The van der Waals surface area contributed by atoms with Gasteiger partial charge in [0.05, 0.1) is 0 Å². The molecular formula is C15H31N3. The van der Waals surface area contributed by atoms with E-state index < -0.39 is 0 Å². The molecule has 2 aliphatic rings. The second-order valence-corrected chi connectivity index (χ2v) is 6.02. The van der Waals surface area contributed by atoms with Gasteiger partial charge in [-0.3, -0.25) is 4.90 Å². The minimum Gasteiger partial charge on any atom is -0.317 e. The molecule has 2 heterocycles. The maximum atomic E-state index is 3.41. The Hall–Kier alpha value is -0.120. The van der Waals surface area contributed by atoms with Crippen LogP contribution in [-0.2, 0) is 0 Å². The zero-order valence-electron chi connectivity index (χ0n) is 12.3. The van der Waals surface area contributed by atoms with Gasteiger partial charge in [-0.05, 0) is 52.2 Å². The number of piperidine rings is 1. The van der Waals surface area contributed by atoms with Gasteiger partial charge >= 0.3 is 0 Å². The van der Waals surface area contributed by atoms with Crippen molar-refractivity contribution >= 4 is 0 Å². The van der Waals surface area contributed by atoms with Gasteiger partial charge in [0.2, 0.25) is 0 Å². The van der Waals surface area contributed by atoms with Crippen LogP contribution < -0.4 is 5.32 Å². The largest absolute Gasteiger partial charge is 0.317 e. The molecule has 3 heteroatoms. The molecule has 1 N–H and O–H groups in total. The van der Waals surface area contributed by atoms with Crippen LogP contribution in [0.15, 0.2) is 0 Å². The number of piperazine rings is 1. The lowest BCUT2D eigenvalue weighted by Gasteiger charge is -2.44. The lowest BCUT2D eigenvalue weighted by Crippen LogP contribution is -2.54. The van der Waals surface area contributed by atoms with Gasteiger partial charge in [-0.15, -0.1) is 0 Å². The molecule has 0 aromatic rings. The summed E-state index contributed by atoms with van der Waals surface area (Å²) in [7, 11) is 2.09. The summed E-state index contributed by atoms with van der Waals surface area (Å²) in [4.78, 5) is 5.43. The minimum absolute atomic E-state index is 0.723. The standard InChI is InChI=1S/C15H31N3/c1-3-14(16-2)7-6-9-17-11-12-18-10-5-4-8-15(18)13-17/h14-16H,3-13H2,1-2H3. The Kier molecular flexibility index (Phi) is 5.93. The fourth-order valence-electron chi connectivity index (χ4n) is 3.54. The highest BCUT2D eigenvalue weighted by Crippen LogP contribution is 2.21. The smallest absolute Gasteiger partial charge is 0.0223 e.